The molecule has 1 aliphatic heterocycles. The monoisotopic (exact) mass is 168 g/mol. The van der Waals surface area contributed by atoms with Crippen LogP contribution in [0.5, 0.6) is 0 Å². The molecule has 0 unspecified atom stereocenters. The van der Waals surface area contributed by atoms with Crippen molar-refractivity contribution in [2.75, 3.05) is 26.2 Å². The Labute approximate surface area is 75.1 Å². The van der Waals surface area contributed by atoms with Gasteiger partial charge in [-0.25, -0.2) is 0 Å². The van der Waals surface area contributed by atoms with Crippen LogP contribution in [-0.2, 0) is 0 Å². The van der Waals surface area contributed by atoms with Crippen molar-refractivity contribution in [1.29, 1.82) is 0 Å². The molecule has 0 atom stereocenters. The van der Waals surface area contributed by atoms with Crippen LogP contribution in [0.1, 0.15) is 26.7 Å². The molecular weight excluding hydrogens is 148 g/mol. The van der Waals surface area contributed by atoms with Crippen molar-refractivity contribution in [1.82, 2.24) is 4.90 Å². The van der Waals surface area contributed by atoms with E-state index in [1.807, 2.05) is 0 Å². The first-order valence-corrected chi connectivity index (χ1v) is 4.98. The van der Waals surface area contributed by atoms with Crippen LogP contribution in [0.15, 0.2) is 0 Å². The molecule has 1 spiro atoms. The molecule has 70 valence electrons. The highest BCUT2D eigenvalue weighted by Crippen LogP contribution is 2.53. The van der Waals surface area contributed by atoms with Crippen LogP contribution in [-0.4, -0.2) is 31.1 Å². The first kappa shape index (κ1) is 8.52. The van der Waals surface area contributed by atoms with Gasteiger partial charge in [0.2, 0.25) is 0 Å². The second-order valence-corrected chi connectivity index (χ2v) is 5.51. The molecule has 1 heterocycles. The lowest BCUT2D eigenvalue weighted by Gasteiger charge is -2.44. The van der Waals surface area contributed by atoms with Crippen molar-refractivity contribution < 1.29 is 0 Å². The van der Waals surface area contributed by atoms with E-state index >= 15 is 0 Å². The Hall–Kier alpha value is -0.0800. The molecule has 2 heteroatoms. The van der Waals surface area contributed by atoms with E-state index in [1.54, 1.807) is 0 Å². The van der Waals surface area contributed by atoms with Crippen molar-refractivity contribution in [2.24, 2.45) is 16.6 Å². The van der Waals surface area contributed by atoms with E-state index in [1.165, 1.54) is 32.5 Å². The van der Waals surface area contributed by atoms with Gasteiger partial charge in [-0.3, -0.25) is 0 Å². The summed E-state index contributed by atoms with van der Waals surface area (Å²) in [5.74, 6) is 0. The third-order valence-electron chi connectivity index (χ3n) is 3.28. The lowest BCUT2D eigenvalue weighted by atomic mass is 9.88. The molecule has 0 amide bonds. The van der Waals surface area contributed by atoms with Crippen LogP contribution >= 0.6 is 0 Å². The van der Waals surface area contributed by atoms with Crippen LogP contribution in [0.4, 0.5) is 0 Å². The molecule has 1 saturated carbocycles. The highest BCUT2D eigenvalue weighted by atomic mass is 15.2. The molecular formula is C10H20N2. The maximum absolute atomic E-state index is 5.69. The van der Waals surface area contributed by atoms with Gasteiger partial charge in [0, 0.05) is 19.6 Å². The Balaban J connectivity index is 1.75. The lowest BCUT2D eigenvalue weighted by Crippen LogP contribution is -2.52. The van der Waals surface area contributed by atoms with Gasteiger partial charge in [-0.05, 0) is 30.2 Å². The van der Waals surface area contributed by atoms with Gasteiger partial charge in [0.25, 0.3) is 0 Å². The second-order valence-electron chi connectivity index (χ2n) is 5.51. The zero-order valence-corrected chi connectivity index (χ0v) is 8.27. The molecule has 1 saturated heterocycles. The summed E-state index contributed by atoms with van der Waals surface area (Å²) in [6.07, 6.45) is 2.96. The highest BCUT2D eigenvalue weighted by Gasteiger charge is 2.52. The minimum absolute atomic E-state index is 0.316. The van der Waals surface area contributed by atoms with E-state index < -0.39 is 0 Å². The van der Waals surface area contributed by atoms with Crippen LogP contribution in [0.2, 0.25) is 0 Å². The van der Waals surface area contributed by atoms with Crippen molar-refractivity contribution >= 4 is 0 Å². The summed E-state index contributed by atoms with van der Waals surface area (Å²) in [6, 6.07) is 0. The number of likely N-dealkylation sites (tertiary alicyclic amines) is 1. The van der Waals surface area contributed by atoms with Crippen molar-refractivity contribution in [3.8, 4) is 0 Å². The summed E-state index contributed by atoms with van der Waals surface area (Å²) in [4.78, 5) is 2.56. The smallest absolute Gasteiger partial charge is 0.00507 e. The predicted molar refractivity (Wildman–Crippen MR) is 50.9 cm³/mol. The summed E-state index contributed by atoms with van der Waals surface area (Å²) in [6.45, 7) is 9.18. The molecule has 2 aliphatic rings. The van der Waals surface area contributed by atoms with Crippen molar-refractivity contribution in [2.45, 2.75) is 26.7 Å². The second kappa shape index (κ2) is 2.46. The molecule has 2 N–H and O–H groups in total. The first-order valence-electron chi connectivity index (χ1n) is 4.98. The fourth-order valence-electron chi connectivity index (χ4n) is 2.18. The molecule has 0 aromatic carbocycles. The molecule has 0 aromatic rings. The molecule has 0 radical (unpaired) electrons. The summed E-state index contributed by atoms with van der Waals surface area (Å²) in [5.41, 5.74) is 6.80. The third-order valence-corrected chi connectivity index (χ3v) is 3.28. The molecule has 12 heavy (non-hydrogen) atoms. The minimum atomic E-state index is 0.316. The fourth-order valence-corrected chi connectivity index (χ4v) is 2.18. The van der Waals surface area contributed by atoms with Gasteiger partial charge in [-0.1, -0.05) is 13.8 Å². The normalized spacial score (nSPS) is 27.2. The van der Waals surface area contributed by atoms with E-state index in [0.717, 1.165) is 12.0 Å². The average molecular weight is 168 g/mol. The van der Waals surface area contributed by atoms with Crippen molar-refractivity contribution in [3.63, 3.8) is 0 Å². The van der Waals surface area contributed by atoms with Gasteiger partial charge in [0.1, 0.15) is 0 Å². The van der Waals surface area contributed by atoms with E-state index in [4.69, 9.17) is 5.73 Å². The minimum Gasteiger partial charge on any atom is -0.330 e. The van der Waals surface area contributed by atoms with Gasteiger partial charge < -0.3 is 10.6 Å². The van der Waals surface area contributed by atoms with Crippen molar-refractivity contribution in [3.05, 3.63) is 0 Å². The fraction of sp³-hybridized carbons (Fsp3) is 1.00. The van der Waals surface area contributed by atoms with E-state index in [-0.39, 0.29) is 0 Å². The van der Waals surface area contributed by atoms with Gasteiger partial charge >= 0.3 is 0 Å². The summed E-state index contributed by atoms with van der Waals surface area (Å²) < 4.78 is 0. The first-order chi connectivity index (χ1) is 5.55. The van der Waals surface area contributed by atoms with E-state index in [2.05, 4.69) is 18.7 Å². The number of rotatable bonds is 3. The SMILES string of the molecule is CC(C)(CN)CN1CC2(CC2)C1. The van der Waals surface area contributed by atoms with Gasteiger partial charge in [0.15, 0.2) is 0 Å². The Morgan fingerprint density at radius 3 is 2.33 bits per heavy atom. The van der Waals surface area contributed by atoms with E-state index in [9.17, 15) is 0 Å². The molecule has 0 aromatic heterocycles. The Kier molecular flexibility index (Phi) is 1.74. The maximum atomic E-state index is 5.69. The predicted octanol–water partition coefficient (Wildman–Crippen LogP) is 1.07. The van der Waals surface area contributed by atoms with Crippen LogP contribution < -0.4 is 5.73 Å². The number of nitrogens with two attached hydrogens (primary N) is 1. The number of nitrogens with zero attached hydrogens (tertiary/aromatic N) is 1. The largest absolute Gasteiger partial charge is 0.330 e. The quantitative estimate of drug-likeness (QED) is 0.683. The van der Waals surface area contributed by atoms with Gasteiger partial charge in [0.05, 0.1) is 0 Å². The van der Waals surface area contributed by atoms with Gasteiger partial charge in [-0.2, -0.15) is 0 Å². The van der Waals surface area contributed by atoms with Crippen LogP contribution in [0, 0.1) is 10.8 Å². The molecule has 1 aliphatic carbocycles. The average Bonchev–Trinajstić information content (AvgIpc) is 2.66. The summed E-state index contributed by atoms with van der Waals surface area (Å²) in [5, 5.41) is 0. The number of hydrogen-bond acceptors (Lipinski definition) is 2. The zero-order chi connectivity index (χ0) is 8.82. The Morgan fingerprint density at radius 2 is 1.92 bits per heavy atom. The highest BCUT2D eigenvalue weighted by molar-refractivity contribution is 5.05. The zero-order valence-electron chi connectivity index (χ0n) is 8.27. The van der Waals surface area contributed by atoms with Gasteiger partial charge in [-0.15, -0.1) is 0 Å². The lowest BCUT2D eigenvalue weighted by molar-refractivity contribution is 0.0457. The molecule has 0 bridgehead atoms. The van der Waals surface area contributed by atoms with Crippen LogP contribution in [0.3, 0.4) is 0 Å². The molecule has 2 rings (SSSR count). The maximum Gasteiger partial charge on any atom is 0.00507 e. The Bertz CT molecular complexity index is 174. The van der Waals surface area contributed by atoms with E-state index in [0.29, 0.717) is 5.41 Å². The van der Waals surface area contributed by atoms with Crippen LogP contribution in [0.25, 0.3) is 0 Å². The topological polar surface area (TPSA) is 29.3 Å². The standard InChI is InChI=1S/C10H20N2/c1-9(2,5-11)6-12-7-10(8-12)3-4-10/h3-8,11H2,1-2H3. The number of hydrogen-bond donors (Lipinski definition) is 1. The Morgan fingerprint density at radius 1 is 1.33 bits per heavy atom. The molecule has 2 nitrogen and oxygen atoms in total. The third kappa shape index (κ3) is 1.50. The molecule has 2 fully saturated rings. The summed E-state index contributed by atoms with van der Waals surface area (Å²) >= 11 is 0. The summed E-state index contributed by atoms with van der Waals surface area (Å²) in [7, 11) is 0.